The minimum absolute atomic E-state index is 0.0400. The maximum Gasteiger partial charge on any atom is 0.261 e. The van der Waals surface area contributed by atoms with E-state index in [4.69, 9.17) is 27.9 Å². The van der Waals surface area contributed by atoms with E-state index in [0.29, 0.717) is 27.8 Å². The minimum atomic E-state index is -0.775. The van der Waals surface area contributed by atoms with Gasteiger partial charge in [-0.3, -0.25) is 9.59 Å². The van der Waals surface area contributed by atoms with Gasteiger partial charge in [0.2, 0.25) is 5.91 Å². The van der Waals surface area contributed by atoms with Crippen molar-refractivity contribution in [2.24, 2.45) is 0 Å². The summed E-state index contributed by atoms with van der Waals surface area (Å²) >= 11 is 16.2. The maximum atomic E-state index is 13.8. The molecule has 2 atom stereocenters. The Morgan fingerprint density at radius 3 is 2.29 bits per heavy atom. The topological polar surface area (TPSA) is 58.6 Å². The van der Waals surface area contributed by atoms with Crippen LogP contribution in [0.5, 0.6) is 5.75 Å². The lowest BCUT2D eigenvalue weighted by atomic mass is 10.0. The van der Waals surface area contributed by atoms with Gasteiger partial charge in [-0.05, 0) is 73.7 Å². The van der Waals surface area contributed by atoms with Crippen molar-refractivity contribution in [1.29, 1.82) is 0 Å². The maximum absolute atomic E-state index is 13.8. The molecule has 0 bridgehead atoms. The van der Waals surface area contributed by atoms with Crippen molar-refractivity contribution in [2.75, 3.05) is 6.61 Å². The van der Waals surface area contributed by atoms with Crippen molar-refractivity contribution in [3.63, 3.8) is 0 Å². The molecule has 38 heavy (non-hydrogen) atoms. The Balaban J connectivity index is 1.96. The molecule has 0 saturated carbocycles. The Morgan fingerprint density at radius 2 is 1.68 bits per heavy atom. The molecule has 1 N–H and O–H groups in total. The van der Waals surface area contributed by atoms with Crippen LogP contribution in [0.2, 0.25) is 10.0 Å². The molecule has 0 aliphatic rings. The number of nitrogens with zero attached hydrogens (tertiary/aromatic N) is 1. The summed E-state index contributed by atoms with van der Waals surface area (Å²) < 4.78 is 6.94. The van der Waals surface area contributed by atoms with E-state index in [1.807, 2.05) is 70.2 Å². The van der Waals surface area contributed by atoms with Crippen molar-refractivity contribution in [2.45, 2.75) is 59.2 Å². The van der Waals surface area contributed by atoms with E-state index < -0.39 is 6.04 Å². The van der Waals surface area contributed by atoms with Gasteiger partial charge in [-0.1, -0.05) is 82.5 Å². The van der Waals surface area contributed by atoms with Crippen molar-refractivity contribution in [3.05, 3.63) is 97.4 Å². The molecule has 3 aromatic carbocycles. The first kappa shape index (κ1) is 30.0. The molecule has 0 aliphatic carbocycles. The summed E-state index contributed by atoms with van der Waals surface area (Å²) in [7, 11) is 0. The first-order valence-corrected chi connectivity index (χ1v) is 14.1. The second kappa shape index (κ2) is 14.0. The number of hydrogen-bond acceptors (Lipinski definition) is 3. The van der Waals surface area contributed by atoms with Crippen LogP contribution in [-0.4, -0.2) is 35.4 Å². The normalized spacial score (nSPS) is 12.5. The number of benzene rings is 3. The number of hydrogen-bond donors (Lipinski definition) is 1. The largest absolute Gasteiger partial charge is 0.484 e. The third-order valence-electron chi connectivity index (χ3n) is 6.40. The fourth-order valence-electron chi connectivity index (χ4n) is 4.05. The fourth-order valence-corrected chi connectivity index (χ4v) is 4.74. The first-order chi connectivity index (χ1) is 18.1. The molecule has 0 aliphatic heterocycles. The second-order valence-electron chi connectivity index (χ2n) is 9.44. The Morgan fingerprint density at radius 1 is 1.03 bits per heavy atom. The highest BCUT2D eigenvalue weighted by Gasteiger charge is 2.31. The number of halogens is 3. The molecule has 202 valence electrons. The average Bonchev–Trinajstić information content (AvgIpc) is 2.89. The van der Waals surface area contributed by atoms with Gasteiger partial charge in [0.1, 0.15) is 11.8 Å². The SMILES string of the molecule is CC[C@@H](C)NC(=O)[C@@H](Cc1ccccc1)N(Cc1ccc(Cl)cc1Cl)C(=O)COc1cc(C)c(Br)c(C)c1. The van der Waals surface area contributed by atoms with Crippen LogP contribution in [0, 0.1) is 13.8 Å². The molecule has 0 unspecified atom stereocenters. The van der Waals surface area contributed by atoms with Crippen molar-refractivity contribution in [3.8, 4) is 5.75 Å². The van der Waals surface area contributed by atoms with Gasteiger partial charge in [0.25, 0.3) is 5.91 Å². The van der Waals surface area contributed by atoms with Gasteiger partial charge >= 0.3 is 0 Å². The Hall–Kier alpha value is -2.54. The summed E-state index contributed by atoms with van der Waals surface area (Å²) in [5.41, 5.74) is 3.64. The summed E-state index contributed by atoms with van der Waals surface area (Å²) in [6.07, 6.45) is 1.11. The van der Waals surface area contributed by atoms with E-state index in [0.717, 1.165) is 27.6 Å². The number of nitrogens with one attached hydrogen (secondary N) is 1. The van der Waals surface area contributed by atoms with Crippen LogP contribution in [0.25, 0.3) is 0 Å². The molecule has 8 heteroatoms. The van der Waals surface area contributed by atoms with Crippen molar-refractivity contribution < 1.29 is 14.3 Å². The van der Waals surface area contributed by atoms with Crippen LogP contribution in [0.1, 0.15) is 42.5 Å². The number of aryl methyl sites for hydroxylation is 2. The molecule has 0 spiro atoms. The standard InChI is InChI=1S/C30H33BrCl2N2O3/c1-5-21(4)34-30(37)27(15-22-9-7-6-8-10-22)35(17-23-11-12-24(32)16-26(23)33)28(36)18-38-25-13-19(2)29(31)20(3)14-25/h6-14,16,21,27H,5,15,17-18H2,1-4H3,(H,34,37)/t21-,27-/m1/s1. The highest BCUT2D eigenvalue weighted by Crippen LogP contribution is 2.27. The molecule has 0 fully saturated rings. The summed E-state index contributed by atoms with van der Waals surface area (Å²) in [5.74, 6) is 0.0381. The number of carbonyl (C=O) groups excluding carboxylic acids is 2. The lowest BCUT2D eigenvalue weighted by Crippen LogP contribution is -2.53. The fraction of sp³-hybridized carbons (Fsp3) is 0.333. The van der Waals surface area contributed by atoms with E-state index in [1.165, 1.54) is 0 Å². The molecule has 0 heterocycles. The number of rotatable bonds is 11. The number of ether oxygens (including phenoxy) is 1. The third kappa shape index (κ3) is 8.23. The van der Waals surface area contributed by atoms with E-state index in [1.54, 1.807) is 23.1 Å². The van der Waals surface area contributed by atoms with Gasteiger partial charge in [-0.25, -0.2) is 0 Å². The zero-order valence-electron chi connectivity index (χ0n) is 22.1. The molecule has 0 radical (unpaired) electrons. The van der Waals surface area contributed by atoms with Crippen molar-refractivity contribution in [1.82, 2.24) is 10.2 Å². The second-order valence-corrected chi connectivity index (χ2v) is 11.1. The Bertz CT molecular complexity index is 1250. The third-order valence-corrected chi connectivity index (χ3v) is 8.24. The number of amides is 2. The lowest BCUT2D eigenvalue weighted by molar-refractivity contribution is -0.143. The molecule has 3 aromatic rings. The minimum Gasteiger partial charge on any atom is -0.484 e. The monoisotopic (exact) mass is 618 g/mol. The van der Waals surface area contributed by atoms with Gasteiger partial charge < -0.3 is 15.0 Å². The predicted molar refractivity (Wildman–Crippen MR) is 158 cm³/mol. The first-order valence-electron chi connectivity index (χ1n) is 12.6. The molecule has 3 rings (SSSR count). The van der Waals surface area contributed by atoms with Crippen LogP contribution < -0.4 is 10.1 Å². The molecular weight excluding hydrogens is 587 g/mol. The van der Waals surface area contributed by atoms with Gasteiger partial charge in [0.05, 0.1) is 0 Å². The van der Waals surface area contributed by atoms with Crippen LogP contribution in [0.4, 0.5) is 0 Å². The Labute approximate surface area is 243 Å². The van der Waals surface area contributed by atoms with E-state index in [-0.39, 0.29) is 31.0 Å². The zero-order valence-corrected chi connectivity index (χ0v) is 25.2. The molecular formula is C30H33BrCl2N2O3. The van der Waals surface area contributed by atoms with Gasteiger partial charge in [0.15, 0.2) is 6.61 Å². The van der Waals surface area contributed by atoms with Gasteiger partial charge in [0, 0.05) is 33.5 Å². The predicted octanol–water partition coefficient (Wildman–Crippen LogP) is 7.31. The van der Waals surface area contributed by atoms with E-state index >= 15 is 0 Å². The van der Waals surface area contributed by atoms with E-state index in [2.05, 4.69) is 21.2 Å². The number of carbonyl (C=O) groups is 2. The summed E-state index contributed by atoms with van der Waals surface area (Å²) in [5, 5.41) is 3.98. The highest BCUT2D eigenvalue weighted by atomic mass is 79.9. The lowest BCUT2D eigenvalue weighted by Gasteiger charge is -2.32. The molecule has 5 nitrogen and oxygen atoms in total. The quantitative estimate of drug-likeness (QED) is 0.245. The van der Waals surface area contributed by atoms with E-state index in [9.17, 15) is 9.59 Å². The smallest absolute Gasteiger partial charge is 0.261 e. The van der Waals surface area contributed by atoms with Crippen LogP contribution in [0.3, 0.4) is 0 Å². The zero-order chi connectivity index (χ0) is 27.8. The summed E-state index contributed by atoms with van der Waals surface area (Å²) in [4.78, 5) is 28.9. The van der Waals surface area contributed by atoms with Crippen LogP contribution in [-0.2, 0) is 22.6 Å². The molecule has 0 saturated heterocycles. The van der Waals surface area contributed by atoms with Crippen LogP contribution in [0.15, 0.2) is 65.1 Å². The van der Waals surface area contributed by atoms with Crippen LogP contribution >= 0.6 is 39.1 Å². The molecule has 2 amide bonds. The molecule has 0 aromatic heterocycles. The van der Waals surface area contributed by atoms with Crippen molar-refractivity contribution >= 4 is 50.9 Å². The Kier molecular flexibility index (Phi) is 11.1. The summed E-state index contributed by atoms with van der Waals surface area (Å²) in [6, 6.07) is 17.7. The summed E-state index contributed by atoms with van der Waals surface area (Å²) in [6.45, 7) is 7.78. The van der Waals surface area contributed by atoms with Gasteiger partial charge in [-0.15, -0.1) is 0 Å². The highest BCUT2D eigenvalue weighted by molar-refractivity contribution is 9.10. The van der Waals surface area contributed by atoms with Gasteiger partial charge in [-0.2, -0.15) is 0 Å². The average molecular weight is 620 g/mol.